The Bertz CT molecular complexity index is 834. The minimum absolute atomic E-state index is 0.172. The van der Waals surface area contributed by atoms with Crippen LogP contribution in [-0.2, 0) is 4.79 Å². The first kappa shape index (κ1) is 16.6. The van der Waals surface area contributed by atoms with Crippen LogP contribution < -0.4 is 5.32 Å². The standard InChI is InChI=1S/C13H11FN4OS4/c1-2-20-12-17-18-13(23-12)21-6-10(19)16-11-15-8-4-3-7(14)5-9(8)22-11/h3-5H,2,6H2,1H3,(H,15,16,19). The highest BCUT2D eigenvalue weighted by Crippen LogP contribution is 2.29. The van der Waals surface area contributed by atoms with Crippen LogP contribution in [0.5, 0.6) is 0 Å². The van der Waals surface area contributed by atoms with Crippen molar-refractivity contribution >= 4 is 67.5 Å². The molecule has 2 aromatic heterocycles. The summed E-state index contributed by atoms with van der Waals surface area (Å²) in [5, 5.41) is 11.3. The largest absolute Gasteiger partial charge is 0.301 e. The lowest BCUT2D eigenvalue weighted by Gasteiger charge is -1.98. The summed E-state index contributed by atoms with van der Waals surface area (Å²) in [5.74, 6) is 0.689. The van der Waals surface area contributed by atoms with Crippen molar-refractivity contribution in [3.8, 4) is 0 Å². The molecule has 1 amide bonds. The third-order valence-electron chi connectivity index (χ3n) is 2.58. The van der Waals surface area contributed by atoms with E-state index in [1.54, 1.807) is 17.8 Å². The summed E-state index contributed by atoms with van der Waals surface area (Å²) in [7, 11) is 0. The van der Waals surface area contributed by atoms with Gasteiger partial charge in [-0.1, -0.05) is 53.1 Å². The number of amides is 1. The first-order valence-corrected chi connectivity index (χ1v) is 10.2. The molecule has 5 nitrogen and oxygen atoms in total. The van der Waals surface area contributed by atoms with E-state index >= 15 is 0 Å². The number of aromatic nitrogens is 3. The highest BCUT2D eigenvalue weighted by Gasteiger charge is 2.11. The Kier molecular flexibility index (Phi) is 5.46. The van der Waals surface area contributed by atoms with Crippen LogP contribution in [0, 0.1) is 5.82 Å². The lowest BCUT2D eigenvalue weighted by molar-refractivity contribution is -0.113. The van der Waals surface area contributed by atoms with E-state index in [4.69, 9.17) is 0 Å². The van der Waals surface area contributed by atoms with Crippen LogP contribution >= 0.6 is 46.2 Å². The van der Waals surface area contributed by atoms with Gasteiger partial charge in [-0.15, -0.1) is 10.2 Å². The molecule has 0 saturated carbocycles. The second-order valence-corrected chi connectivity index (χ2v) is 8.98. The van der Waals surface area contributed by atoms with Crippen molar-refractivity contribution < 1.29 is 9.18 Å². The molecular formula is C13H11FN4OS4. The number of rotatable bonds is 6. The summed E-state index contributed by atoms with van der Waals surface area (Å²) >= 11 is 5.70. The number of carbonyl (C=O) groups is 1. The number of nitrogens with one attached hydrogen (secondary N) is 1. The zero-order valence-corrected chi connectivity index (χ0v) is 15.2. The van der Waals surface area contributed by atoms with E-state index in [9.17, 15) is 9.18 Å². The Labute approximate surface area is 148 Å². The van der Waals surface area contributed by atoms with Gasteiger partial charge in [-0.2, -0.15) is 0 Å². The molecule has 0 atom stereocenters. The van der Waals surface area contributed by atoms with Crippen molar-refractivity contribution in [3.63, 3.8) is 0 Å². The van der Waals surface area contributed by atoms with Gasteiger partial charge in [0.05, 0.1) is 16.0 Å². The lowest BCUT2D eigenvalue weighted by atomic mass is 10.3. The second kappa shape index (κ2) is 7.56. The molecule has 0 unspecified atom stereocenters. The lowest BCUT2D eigenvalue weighted by Crippen LogP contribution is -2.13. The Hall–Kier alpha value is -1.23. The molecule has 1 N–H and O–H groups in total. The van der Waals surface area contributed by atoms with Gasteiger partial charge in [0.15, 0.2) is 13.8 Å². The molecule has 23 heavy (non-hydrogen) atoms. The molecule has 10 heteroatoms. The van der Waals surface area contributed by atoms with Gasteiger partial charge in [0, 0.05) is 0 Å². The van der Waals surface area contributed by atoms with E-state index in [1.165, 1.54) is 46.6 Å². The van der Waals surface area contributed by atoms with E-state index in [-0.39, 0.29) is 17.5 Å². The third-order valence-corrected chi connectivity index (χ3v) is 6.58. The predicted octanol–water partition coefficient (Wildman–Crippen LogP) is 4.13. The molecule has 3 aromatic rings. The van der Waals surface area contributed by atoms with Gasteiger partial charge < -0.3 is 5.32 Å². The summed E-state index contributed by atoms with van der Waals surface area (Å²) in [6.07, 6.45) is 0. The van der Waals surface area contributed by atoms with E-state index in [0.29, 0.717) is 15.3 Å². The number of fused-ring (bicyclic) bond motifs is 1. The number of hydrogen-bond donors (Lipinski definition) is 1. The molecule has 2 heterocycles. The number of thioether (sulfide) groups is 2. The van der Waals surface area contributed by atoms with Gasteiger partial charge in [0.25, 0.3) is 0 Å². The van der Waals surface area contributed by atoms with E-state index < -0.39 is 0 Å². The summed E-state index contributed by atoms with van der Waals surface area (Å²) < 4.78 is 15.5. The maximum Gasteiger partial charge on any atom is 0.236 e. The number of nitrogens with zero attached hydrogens (tertiary/aromatic N) is 3. The topological polar surface area (TPSA) is 67.8 Å². The maximum atomic E-state index is 13.1. The van der Waals surface area contributed by atoms with Crippen molar-refractivity contribution in [1.82, 2.24) is 15.2 Å². The molecule has 0 spiro atoms. The second-order valence-electron chi connectivity index (χ2n) is 4.23. The number of halogens is 1. The maximum absolute atomic E-state index is 13.1. The third kappa shape index (κ3) is 4.40. The van der Waals surface area contributed by atoms with E-state index in [0.717, 1.165) is 14.4 Å². The van der Waals surface area contributed by atoms with Crippen LogP contribution in [0.2, 0.25) is 0 Å². The zero-order valence-electron chi connectivity index (χ0n) is 11.9. The number of thiazole rings is 1. The minimum atomic E-state index is -0.313. The van der Waals surface area contributed by atoms with Crippen molar-refractivity contribution in [3.05, 3.63) is 24.0 Å². The van der Waals surface area contributed by atoms with Gasteiger partial charge >= 0.3 is 0 Å². The highest BCUT2D eigenvalue weighted by molar-refractivity contribution is 8.03. The first-order chi connectivity index (χ1) is 11.1. The molecule has 0 aliphatic carbocycles. The number of anilines is 1. The van der Waals surface area contributed by atoms with Gasteiger partial charge in [-0.3, -0.25) is 4.79 Å². The van der Waals surface area contributed by atoms with Crippen molar-refractivity contribution in [1.29, 1.82) is 0 Å². The zero-order chi connectivity index (χ0) is 16.2. The van der Waals surface area contributed by atoms with E-state index in [2.05, 4.69) is 27.4 Å². The average molecular weight is 387 g/mol. The minimum Gasteiger partial charge on any atom is -0.301 e. The summed E-state index contributed by atoms with van der Waals surface area (Å²) in [4.78, 5) is 16.2. The molecular weight excluding hydrogens is 375 g/mol. The Balaban J connectivity index is 1.57. The van der Waals surface area contributed by atoms with Crippen LogP contribution in [0.25, 0.3) is 10.2 Å². The highest BCUT2D eigenvalue weighted by atomic mass is 32.2. The fraction of sp³-hybridized carbons (Fsp3) is 0.231. The fourth-order valence-corrected chi connectivity index (χ4v) is 5.30. The van der Waals surface area contributed by atoms with Crippen LogP contribution in [-0.4, -0.2) is 32.6 Å². The molecule has 0 saturated heterocycles. The molecule has 0 aliphatic heterocycles. The van der Waals surface area contributed by atoms with E-state index in [1.807, 2.05) is 0 Å². The summed E-state index contributed by atoms with van der Waals surface area (Å²) in [6.45, 7) is 2.05. The van der Waals surface area contributed by atoms with Gasteiger partial charge in [-0.05, 0) is 24.0 Å². The molecule has 1 aromatic carbocycles. The quantitative estimate of drug-likeness (QED) is 0.643. The molecule has 0 fully saturated rings. The number of hydrogen-bond acceptors (Lipinski definition) is 8. The fourth-order valence-electron chi connectivity index (χ4n) is 1.67. The van der Waals surface area contributed by atoms with Crippen LogP contribution in [0.4, 0.5) is 9.52 Å². The first-order valence-electron chi connectivity index (χ1n) is 6.59. The SMILES string of the molecule is CCSc1nnc(SCC(=O)Nc2nc3ccc(F)cc3s2)s1. The molecule has 0 bridgehead atoms. The monoisotopic (exact) mass is 386 g/mol. The molecule has 120 valence electrons. The summed E-state index contributed by atoms with van der Waals surface area (Å²) in [5.41, 5.74) is 0.671. The van der Waals surface area contributed by atoms with Gasteiger partial charge in [0.2, 0.25) is 5.91 Å². The Morgan fingerprint density at radius 2 is 2.04 bits per heavy atom. The average Bonchev–Trinajstić information content (AvgIpc) is 3.11. The van der Waals surface area contributed by atoms with Crippen LogP contribution in [0.3, 0.4) is 0 Å². The number of carbonyl (C=O) groups excluding carboxylic acids is 1. The van der Waals surface area contributed by atoms with Crippen molar-refractivity contribution in [2.24, 2.45) is 0 Å². The molecule has 0 aliphatic rings. The van der Waals surface area contributed by atoms with Crippen LogP contribution in [0.1, 0.15) is 6.92 Å². The van der Waals surface area contributed by atoms with Crippen molar-refractivity contribution in [2.75, 3.05) is 16.8 Å². The molecule has 0 radical (unpaired) electrons. The number of benzene rings is 1. The molecule has 3 rings (SSSR count). The smallest absolute Gasteiger partial charge is 0.236 e. The van der Waals surface area contributed by atoms with Crippen molar-refractivity contribution in [2.45, 2.75) is 15.6 Å². The predicted molar refractivity (Wildman–Crippen MR) is 95.2 cm³/mol. The van der Waals surface area contributed by atoms with Gasteiger partial charge in [0.1, 0.15) is 5.82 Å². The summed E-state index contributed by atoms with van der Waals surface area (Å²) in [6, 6.07) is 4.36. The Morgan fingerprint density at radius 3 is 2.83 bits per heavy atom. The van der Waals surface area contributed by atoms with Crippen LogP contribution in [0.15, 0.2) is 26.9 Å². The van der Waals surface area contributed by atoms with Gasteiger partial charge in [-0.25, -0.2) is 9.37 Å². The Morgan fingerprint density at radius 1 is 1.26 bits per heavy atom. The normalized spacial score (nSPS) is 11.0.